The Morgan fingerprint density at radius 1 is 1.11 bits per heavy atom. The van der Waals surface area contributed by atoms with Gasteiger partial charge in [0, 0.05) is 0 Å². The number of carbonyl (C=O) groups is 1. The average Bonchev–Trinajstić information content (AvgIpc) is 2.39. The van der Waals surface area contributed by atoms with Gasteiger partial charge in [-0.05, 0) is 25.0 Å². The normalized spacial score (nSPS) is 11.2. The largest absolute Gasteiger partial charge is 0.479 e. The van der Waals surface area contributed by atoms with Gasteiger partial charge in [0.15, 0.2) is 6.10 Å². The van der Waals surface area contributed by atoms with E-state index in [-0.39, 0.29) is 5.97 Å². The van der Waals surface area contributed by atoms with Gasteiger partial charge in [0.05, 0.1) is 6.61 Å². The Kier molecular flexibility index (Phi) is 8.71. The van der Waals surface area contributed by atoms with Crippen LogP contribution >= 0.6 is 0 Å². The molecular formula is C15H24O3. The molecule has 102 valence electrons. The summed E-state index contributed by atoms with van der Waals surface area (Å²) in [5.41, 5.74) is 0. The minimum Gasteiger partial charge on any atom is -0.479 e. The highest BCUT2D eigenvalue weighted by Crippen LogP contribution is 2.11. The second kappa shape index (κ2) is 9.51. The summed E-state index contributed by atoms with van der Waals surface area (Å²) in [5.74, 6) is 0.696. The molecule has 0 N–H and O–H groups in total. The summed E-state index contributed by atoms with van der Waals surface area (Å²) >= 11 is 0. The Bertz CT molecular complexity index is 320. The van der Waals surface area contributed by atoms with Crippen molar-refractivity contribution in [3.63, 3.8) is 0 Å². The summed E-state index contributed by atoms with van der Waals surface area (Å²) < 4.78 is 10.5. The first kappa shape index (κ1) is 16.5. The van der Waals surface area contributed by atoms with Gasteiger partial charge in [-0.3, -0.25) is 0 Å². The van der Waals surface area contributed by atoms with Crippen LogP contribution in [0.5, 0.6) is 5.75 Å². The number of para-hydroxylation sites is 1. The van der Waals surface area contributed by atoms with Crippen LogP contribution in [0.2, 0.25) is 0 Å². The number of hydrogen-bond acceptors (Lipinski definition) is 3. The molecule has 0 spiro atoms. The lowest BCUT2D eigenvalue weighted by Crippen LogP contribution is -2.27. The summed E-state index contributed by atoms with van der Waals surface area (Å²) in [6, 6.07) is 9.25. The Morgan fingerprint density at radius 2 is 1.67 bits per heavy atom. The van der Waals surface area contributed by atoms with Crippen LogP contribution in [0.1, 0.15) is 34.6 Å². The fraction of sp³-hybridized carbons (Fsp3) is 0.533. The zero-order valence-corrected chi connectivity index (χ0v) is 12.0. The first-order chi connectivity index (χ1) is 8.59. The highest BCUT2D eigenvalue weighted by Gasteiger charge is 2.16. The first-order valence-electron chi connectivity index (χ1n) is 6.48. The quantitative estimate of drug-likeness (QED) is 0.750. The lowest BCUT2D eigenvalue weighted by atomic mass is 10.2. The molecule has 0 saturated heterocycles. The van der Waals surface area contributed by atoms with Gasteiger partial charge in [0.1, 0.15) is 5.75 Å². The molecule has 0 radical (unpaired) electrons. The third-order valence-electron chi connectivity index (χ3n) is 1.95. The maximum atomic E-state index is 11.5. The van der Waals surface area contributed by atoms with Gasteiger partial charge in [0.25, 0.3) is 0 Å². The summed E-state index contributed by atoms with van der Waals surface area (Å²) in [4.78, 5) is 11.5. The predicted molar refractivity (Wildman–Crippen MR) is 73.7 cm³/mol. The van der Waals surface area contributed by atoms with Crippen LogP contribution in [0.4, 0.5) is 0 Å². The van der Waals surface area contributed by atoms with E-state index in [1.165, 1.54) is 0 Å². The van der Waals surface area contributed by atoms with Gasteiger partial charge in [-0.25, -0.2) is 4.79 Å². The number of carbonyl (C=O) groups excluding carboxylic acids is 1. The van der Waals surface area contributed by atoms with Gasteiger partial charge in [-0.2, -0.15) is 0 Å². The topological polar surface area (TPSA) is 35.5 Å². The van der Waals surface area contributed by atoms with Crippen LogP contribution in [0.25, 0.3) is 0 Å². The molecule has 1 unspecified atom stereocenters. The summed E-state index contributed by atoms with van der Waals surface area (Å²) in [7, 11) is 0. The van der Waals surface area contributed by atoms with Crippen molar-refractivity contribution in [3.05, 3.63) is 30.3 Å². The Morgan fingerprint density at radius 3 is 2.17 bits per heavy atom. The van der Waals surface area contributed by atoms with E-state index < -0.39 is 6.10 Å². The van der Waals surface area contributed by atoms with E-state index in [1.54, 1.807) is 6.92 Å². The summed E-state index contributed by atoms with van der Waals surface area (Å²) in [6.45, 7) is 10.1. The molecule has 3 nitrogen and oxygen atoms in total. The molecule has 0 fully saturated rings. The van der Waals surface area contributed by atoms with Gasteiger partial charge >= 0.3 is 5.97 Å². The van der Waals surface area contributed by atoms with Gasteiger partial charge < -0.3 is 9.47 Å². The van der Waals surface area contributed by atoms with E-state index in [0.29, 0.717) is 18.3 Å². The van der Waals surface area contributed by atoms with Crippen molar-refractivity contribution in [2.24, 2.45) is 5.92 Å². The highest BCUT2D eigenvalue weighted by molar-refractivity contribution is 5.74. The van der Waals surface area contributed by atoms with Crippen LogP contribution in [0, 0.1) is 5.92 Å². The molecule has 0 saturated carbocycles. The highest BCUT2D eigenvalue weighted by atomic mass is 16.6. The molecule has 18 heavy (non-hydrogen) atoms. The second-order valence-electron chi connectivity index (χ2n) is 4.10. The summed E-state index contributed by atoms with van der Waals surface area (Å²) in [6.07, 6.45) is -0.568. The molecule has 1 rings (SSSR count). The molecule has 0 aliphatic rings. The van der Waals surface area contributed by atoms with E-state index in [1.807, 2.05) is 58.0 Å². The Balaban J connectivity index is 0.00000137. The van der Waals surface area contributed by atoms with Crippen molar-refractivity contribution in [1.29, 1.82) is 0 Å². The molecule has 1 atom stereocenters. The van der Waals surface area contributed by atoms with E-state index in [0.717, 1.165) is 0 Å². The molecule has 0 bridgehead atoms. The molecule has 0 amide bonds. The molecule has 1 aromatic carbocycles. The molecule has 0 aromatic heterocycles. The Labute approximate surface area is 110 Å². The maximum Gasteiger partial charge on any atom is 0.347 e. The third kappa shape index (κ3) is 6.94. The zero-order valence-electron chi connectivity index (χ0n) is 12.0. The lowest BCUT2D eigenvalue weighted by molar-refractivity contribution is -0.152. The summed E-state index contributed by atoms with van der Waals surface area (Å²) in [5, 5.41) is 0. The molecule has 1 aromatic rings. The fourth-order valence-corrected chi connectivity index (χ4v) is 1.12. The van der Waals surface area contributed by atoms with E-state index in [9.17, 15) is 4.79 Å². The molecule has 0 heterocycles. The van der Waals surface area contributed by atoms with Crippen LogP contribution in [0.15, 0.2) is 30.3 Å². The monoisotopic (exact) mass is 252 g/mol. The first-order valence-corrected chi connectivity index (χ1v) is 6.48. The van der Waals surface area contributed by atoms with Crippen molar-refractivity contribution in [3.8, 4) is 5.75 Å². The van der Waals surface area contributed by atoms with E-state index in [4.69, 9.17) is 9.47 Å². The van der Waals surface area contributed by atoms with Crippen molar-refractivity contribution in [2.45, 2.75) is 40.7 Å². The second-order valence-corrected chi connectivity index (χ2v) is 4.10. The molecule has 0 aliphatic heterocycles. The van der Waals surface area contributed by atoms with Crippen molar-refractivity contribution in [2.75, 3.05) is 6.61 Å². The van der Waals surface area contributed by atoms with Crippen LogP contribution in [-0.2, 0) is 9.53 Å². The van der Waals surface area contributed by atoms with Crippen molar-refractivity contribution < 1.29 is 14.3 Å². The average molecular weight is 252 g/mol. The van der Waals surface area contributed by atoms with Gasteiger partial charge in [-0.1, -0.05) is 45.9 Å². The minimum absolute atomic E-state index is 0.322. The van der Waals surface area contributed by atoms with Gasteiger partial charge in [0.2, 0.25) is 0 Å². The van der Waals surface area contributed by atoms with Crippen LogP contribution in [-0.4, -0.2) is 18.7 Å². The SMILES string of the molecule is CC.CC(C)COC(=O)C(C)Oc1ccccc1. The lowest BCUT2D eigenvalue weighted by Gasteiger charge is -2.14. The Hall–Kier alpha value is -1.51. The molecule has 3 heteroatoms. The standard InChI is InChI=1S/C13H18O3.C2H6/c1-10(2)9-15-13(14)11(3)16-12-7-5-4-6-8-12;1-2/h4-8,10-11H,9H2,1-3H3;1-2H3. The fourth-order valence-electron chi connectivity index (χ4n) is 1.12. The van der Waals surface area contributed by atoms with Crippen molar-refractivity contribution >= 4 is 5.97 Å². The number of benzene rings is 1. The number of ether oxygens (including phenoxy) is 2. The van der Waals surface area contributed by atoms with E-state index >= 15 is 0 Å². The number of hydrogen-bond donors (Lipinski definition) is 0. The van der Waals surface area contributed by atoms with Crippen LogP contribution < -0.4 is 4.74 Å². The van der Waals surface area contributed by atoms with Gasteiger partial charge in [-0.15, -0.1) is 0 Å². The minimum atomic E-state index is -0.568. The third-order valence-corrected chi connectivity index (χ3v) is 1.95. The van der Waals surface area contributed by atoms with Crippen LogP contribution in [0.3, 0.4) is 0 Å². The zero-order chi connectivity index (χ0) is 14.0. The van der Waals surface area contributed by atoms with Crippen molar-refractivity contribution in [1.82, 2.24) is 0 Å². The smallest absolute Gasteiger partial charge is 0.347 e. The molecule has 0 aliphatic carbocycles. The molecular weight excluding hydrogens is 228 g/mol. The number of esters is 1. The number of rotatable bonds is 5. The maximum absolute atomic E-state index is 11.5. The van der Waals surface area contributed by atoms with E-state index in [2.05, 4.69) is 0 Å². The predicted octanol–water partition coefficient (Wildman–Crippen LogP) is 3.68.